The second-order valence-electron chi connectivity index (χ2n) is 5.05. The number of nitrogens with one attached hydrogen (secondary N) is 1. The van der Waals surface area contributed by atoms with Crippen LogP contribution in [0.15, 0.2) is 24.5 Å². The average Bonchev–Trinajstić information content (AvgIpc) is 2.50. The van der Waals surface area contributed by atoms with Gasteiger partial charge in [-0.25, -0.2) is 9.59 Å². The molecule has 21 heavy (non-hydrogen) atoms. The van der Waals surface area contributed by atoms with Gasteiger partial charge in [0.05, 0.1) is 0 Å². The van der Waals surface area contributed by atoms with Gasteiger partial charge in [-0.2, -0.15) is 0 Å². The van der Waals surface area contributed by atoms with Crippen LogP contribution in [-0.2, 0) is 11.2 Å². The molecular weight excluding hydrogens is 270 g/mol. The molecule has 0 unspecified atom stereocenters. The van der Waals surface area contributed by atoms with E-state index in [0.29, 0.717) is 25.8 Å². The monoisotopic (exact) mass is 293 g/mol. The predicted molar refractivity (Wildman–Crippen MR) is 80.1 cm³/mol. The second kappa shape index (κ2) is 7.61. The van der Waals surface area contributed by atoms with E-state index < -0.39 is 11.5 Å². The maximum absolute atomic E-state index is 12.1. The Kier molecular flexibility index (Phi) is 6.14. The smallest absolute Gasteiger partial charge is 0.329 e. The van der Waals surface area contributed by atoms with Crippen LogP contribution in [0.5, 0.6) is 0 Å². The first kappa shape index (κ1) is 16.9. The third-order valence-corrected chi connectivity index (χ3v) is 3.79. The van der Waals surface area contributed by atoms with Crippen LogP contribution in [0.4, 0.5) is 4.79 Å². The first-order valence-corrected chi connectivity index (χ1v) is 7.10. The van der Waals surface area contributed by atoms with Gasteiger partial charge in [0.25, 0.3) is 0 Å². The van der Waals surface area contributed by atoms with Gasteiger partial charge in [0.15, 0.2) is 0 Å². The van der Waals surface area contributed by atoms with Crippen molar-refractivity contribution >= 4 is 12.0 Å². The fourth-order valence-electron chi connectivity index (χ4n) is 2.03. The highest BCUT2D eigenvalue weighted by atomic mass is 16.4. The number of carbonyl (C=O) groups excluding carboxylic acids is 1. The highest BCUT2D eigenvalue weighted by molar-refractivity contribution is 5.86. The Morgan fingerprint density at radius 1 is 1.29 bits per heavy atom. The molecule has 0 aliphatic carbocycles. The summed E-state index contributed by atoms with van der Waals surface area (Å²) in [7, 11) is 1.66. The normalized spacial score (nSPS) is 11.0. The fourth-order valence-corrected chi connectivity index (χ4v) is 2.03. The number of pyridine rings is 1. The van der Waals surface area contributed by atoms with Crippen molar-refractivity contribution < 1.29 is 14.7 Å². The molecule has 0 aliphatic heterocycles. The van der Waals surface area contributed by atoms with Crippen LogP contribution >= 0.6 is 0 Å². The zero-order valence-electron chi connectivity index (χ0n) is 12.8. The molecule has 0 radical (unpaired) electrons. The van der Waals surface area contributed by atoms with E-state index in [-0.39, 0.29) is 6.03 Å². The van der Waals surface area contributed by atoms with Crippen molar-refractivity contribution in [2.24, 2.45) is 0 Å². The van der Waals surface area contributed by atoms with Gasteiger partial charge in [-0.05, 0) is 37.0 Å². The number of likely N-dealkylation sites (N-methyl/N-ethyl adjacent to an activating group) is 1. The van der Waals surface area contributed by atoms with Crippen molar-refractivity contribution in [2.45, 2.75) is 38.6 Å². The molecule has 2 N–H and O–H groups in total. The number of carbonyl (C=O) groups is 2. The minimum atomic E-state index is -1.19. The van der Waals surface area contributed by atoms with E-state index >= 15 is 0 Å². The van der Waals surface area contributed by atoms with Crippen LogP contribution in [0, 0.1) is 0 Å². The Hall–Kier alpha value is -2.11. The molecule has 2 amide bonds. The van der Waals surface area contributed by atoms with Gasteiger partial charge in [0, 0.05) is 26.0 Å². The number of urea groups is 1. The first-order valence-electron chi connectivity index (χ1n) is 7.10. The number of rotatable bonds is 7. The van der Waals surface area contributed by atoms with Crippen molar-refractivity contribution in [3.05, 3.63) is 30.1 Å². The maximum Gasteiger partial charge on any atom is 0.329 e. The standard InChI is InChI=1S/C15H23N3O3/c1-4-15(5-2,13(19)20)17-14(21)18(3)11-8-12-6-9-16-10-7-12/h6-7,9-10H,4-5,8,11H2,1-3H3,(H,17,21)(H,19,20). The van der Waals surface area contributed by atoms with Crippen molar-refractivity contribution in [2.75, 3.05) is 13.6 Å². The summed E-state index contributed by atoms with van der Waals surface area (Å²) >= 11 is 0. The number of hydrogen-bond acceptors (Lipinski definition) is 3. The average molecular weight is 293 g/mol. The Morgan fingerprint density at radius 2 is 1.86 bits per heavy atom. The molecule has 0 aliphatic rings. The van der Waals surface area contributed by atoms with Crippen LogP contribution in [0.25, 0.3) is 0 Å². The summed E-state index contributed by atoms with van der Waals surface area (Å²) in [5, 5.41) is 12.0. The number of hydrogen-bond donors (Lipinski definition) is 2. The van der Waals surface area contributed by atoms with Gasteiger partial charge in [0.2, 0.25) is 0 Å². The maximum atomic E-state index is 12.1. The van der Waals surface area contributed by atoms with E-state index in [4.69, 9.17) is 0 Å². The Morgan fingerprint density at radius 3 is 2.33 bits per heavy atom. The molecule has 6 nitrogen and oxygen atoms in total. The summed E-state index contributed by atoms with van der Waals surface area (Å²) in [4.78, 5) is 29.0. The number of carboxylic acids is 1. The highest BCUT2D eigenvalue weighted by Gasteiger charge is 2.37. The van der Waals surface area contributed by atoms with Crippen molar-refractivity contribution in [3.63, 3.8) is 0 Å². The third-order valence-electron chi connectivity index (χ3n) is 3.79. The lowest BCUT2D eigenvalue weighted by molar-refractivity contribution is -0.144. The molecule has 116 valence electrons. The van der Waals surface area contributed by atoms with E-state index in [1.165, 1.54) is 4.90 Å². The number of amides is 2. The molecular formula is C15H23N3O3. The van der Waals surface area contributed by atoms with Gasteiger partial charge in [-0.3, -0.25) is 4.98 Å². The lowest BCUT2D eigenvalue weighted by Crippen LogP contribution is -2.56. The quantitative estimate of drug-likeness (QED) is 0.804. The zero-order valence-corrected chi connectivity index (χ0v) is 12.8. The lowest BCUT2D eigenvalue weighted by atomic mass is 9.93. The Bertz CT molecular complexity index is 472. The minimum absolute atomic E-state index is 0.350. The molecule has 0 fully saturated rings. The minimum Gasteiger partial charge on any atom is -0.480 e. The lowest BCUT2D eigenvalue weighted by Gasteiger charge is -2.30. The van der Waals surface area contributed by atoms with Crippen molar-refractivity contribution in [3.8, 4) is 0 Å². The number of aromatic nitrogens is 1. The SMILES string of the molecule is CCC(CC)(NC(=O)N(C)CCc1ccncc1)C(=O)O. The van der Waals surface area contributed by atoms with E-state index in [0.717, 1.165) is 5.56 Å². The highest BCUT2D eigenvalue weighted by Crippen LogP contribution is 2.16. The van der Waals surface area contributed by atoms with Gasteiger partial charge in [0.1, 0.15) is 5.54 Å². The summed E-state index contributed by atoms with van der Waals surface area (Å²) < 4.78 is 0. The van der Waals surface area contributed by atoms with Crippen LogP contribution in [0.1, 0.15) is 32.3 Å². The molecule has 0 aromatic carbocycles. The molecule has 1 aromatic heterocycles. The zero-order chi connectivity index (χ0) is 15.9. The van der Waals surface area contributed by atoms with Crippen molar-refractivity contribution in [1.29, 1.82) is 0 Å². The molecule has 6 heteroatoms. The Labute approximate surface area is 125 Å². The van der Waals surface area contributed by atoms with Crippen LogP contribution in [0.3, 0.4) is 0 Å². The predicted octanol–water partition coefficient (Wildman–Crippen LogP) is 1.91. The van der Waals surface area contributed by atoms with E-state index in [1.54, 1.807) is 33.3 Å². The summed E-state index contributed by atoms with van der Waals surface area (Å²) in [6.07, 6.45) is 4.81. The third kappa shape index (κ3) is 4.44. The molecule has 0 spiro atoms. The molecule has 0 bridgehead atoms. The topological polar surface area (TPSA) is 82.5 Å². The van der Waals surface area contributed by atoms with Gasteiger partial charge < -0.3 is 15.3 Å². The number of aliphatic carboxylic acids is 1. The summed E-state index contributed by atoms with van der Waals surface area (Å²) in [5.41, 5.74) is -0.109. The molecule has 0 saturated carbocycles. The molecule has 1 aromatic rings. The van der Waals surface area contributed by atoms with Gasteiger partial charge in [-0.1, -0.05) is 13.8 Å². The van der Waals surface area contributed by atoms with E-state index in [1.807, 2.05) is 12.1 Å². The number of nitrogens with zero attached hydrogens (tertiary/aromatic N) is 2. The molecule has 0 atom stereocenters. The molecule has 1 heterocycles. The number of carboxylic acid groups (broad SMARTS) is 1. The first-order chi connectivity index (χ1) is 9.95. The van der Waals surface area contributed by atoms with E-state index in [2.05, 4.69) is 10.3 Å². The van der Waals surface area contributed by atoms with Crippen molar-refractivity contribution in [1.82, 2.24) is 15.2 Å². The Balaban J connectivity index is 2.59. The summed E-state index contributed by atoms with van der Waals surface area (Å²) in [6.45, 7) is 4.03. The largest absolute Gasteiger partial charge is 0.480 e. The summed E-state index contributed by atoms with van der Waals surface area (Å²) in [5.74, 6) is -0.997. The fraction of sp³-hybridized carbons (Fsp3) is 0.533. The summed E-state index contributed by atoms with van der Waals surface area (Å²) in [6, 6.07) is 3.42. The van der Waals surface area contributed by atoms with Gasteiger partial charge >= 0.3 is 12.0 Å². The molecule has 0 saturated heterocycles. The van der Waals surface area contributed by atoms with Crippen LogP contribution in [-0.4, -0.2) is 46.1 Å². The van der Waals surface area contributed by atoms with Crippen LogP contribution < -0.4 is 5.32 Å². The van der Waals surface area contributed by atoms with E-state index in [9.17, 15) is 14.7 Å². The molecule has 1 rings (SSSR count). The second-order valence-corrected chi connectivity index (χ2v) is 5.05. The van der Waals surface area contributed by atoms with Crippen LogP contribution in [0.2, 0.25) is 0 Å². The van der Waals surface area contributed by atoms with Gasteiger partial charge in [-0.15, -0.1) is 0 Å².